The van der Waals surface area contributed by atoms with Crippen molar-refractivity contribution in [1.29, 1.82) is 0 Å². The van der Waals surface area contributed by atoms with Gasteiger partial charge in [0.2, 0.25) is 0 Å². The van der Waals surface area contributed by atoms with Crippen molar-refractivity contribution in [3.8, 4) is 0 Å². The van der Waals surface area contributed by atoms with Crippen molar-refractivity contribution in [2.75, 3.05) is 32.4 Å². The standard InChI is InChI=1S/C21H21F3N2O4S/c1-31(29,30)14-15-4-2-5-16(12-15)19(27)25-8-10-26(11-9-25)20(28)17-6-3-7-18(13-17)21(22,23)24/h2-7,12-13H,8-11,14H2,1H3. The molecule has 31 heavy (non-hydrogen) atoms. The highest BCUT2D eigenvalue weighted by molar-refractivity contribution is 7.89. The summed E-state index contributed by atoms with van der Waals surface area (Å²) >= 11 is 0. The molecule has 1 fully saturated rings. The van der Waals surface area contributed by atoms with E-state index in [1.54, 1.807) is 18.2 Å². The number of halogens is 3. The molecular weight excluding hydrogens is 433 g/mol. The predicted molar refractivity (Wildman–Crippen MR) is 108 cm³/mol. The molecule has 0 unspecified atom stereocenters. The lowest BCUT2D eigenvalue weighted by Crippen LogP contribution is -2.50. The summed E-state index contributed by atoms with van der Waals surface area (Å²) < 4.78 is 61.6. The molecule has 1 saturated heterocycles. The second-order valence-electron chi connectivity index (χ2n) is 7.43. The molecule has 0 N–H and O–H groups in total. The molecule has 2 aromatic carbocycles. The van der Waals surface area contributed by atoms with E-state index in [0.717, 1.165) is 18.4 Å². The Labute approximate surface area is 178 Å². The fourth-order valence-electron chi connectivity index (χ4n) is 3.40. The lowest BCUT2D eigenvalue weighted by Gasteiger charge is -2.35. The number of benzene rings is 2. The number of sulfone groups is 1. The molecule has 0 spiro atoms. The SMILES string of the molecule is CS(=O)(=O)Cc1cccc(C(=O)N2CCN(C(=O)c3cccc(C(F)(F)F)c3)CC2)c1. The highest BCUT2D eigenvalue weighted by atomic mass is 32.2. The summed E-state index contributed by atoms with van der Waals surface area (Å²) in [6, 6.07) is 10.6. The predicted octanol–water partition coefficient (Wildman–Crippen LogP) is 2.85. The Hall–Kier alpha value is -2.88. The summed E-state index contributed by atoms with van der Waals surface area (Å²) in [6.45, 7) is 0.813. The third-order valence-electron chi connectivity index (χ3n) is 4.89. The van der Waals surface area contributed by atoms with E-state index in [2.05, 4.69) is 0 Å². The highest BCUT2D eigenvalue weighted by Gasteiger charge is 2.32. The Morgan fingerprint density at radius 2 is 1.35 bits per heavy atom. The zero-order chi connectivity index (χ0) is 22.8. The number of carbonyl (C=O) groups excluding carboxylic acids is 2. The van der Waals surface area contributed by atoms with E-state index in [0.29, 0.717) is 11.1 Å². The highest BCUT2D eigenvalue weighted by Crippen LogP contribution is 2.29. The molecule has 166 valence electrons. The van der Waals surface area contributed by atoms with Crippen molar-refractivity contribution < 1.29 is 31.2 Å². The molecule has 2 amide bonds. The molecule has 2 aromatic rings. The molecule has 0 saturated carbocycles. The minimum atomic E-state index is -4.53. The molecule has 0 atom stereocenters. The largest absolute Gasteiger partial charge is 0.416 e. The van der Waals surface area contributed by atoms with Crippen LogP contribution in [0.5, 0.6) is 0 Å². The van der Waals surface area contributed by atoms with Gasteiger partial charge in [0.25, 0.3) is 11.8 Å². The number of alkyl halides is 3. The fourth-order valence-corrected chi connectivity index (χ4v) is 4.19. The summed E-state index contributed by atoms with van der Waals surface area (Å²) in [5.74, 6) is -0.984. The second-order valence-corrected chi connectivity index (χ2v) is 9.57. The van der Waals surface area contributed by atoms with Gasteiger partial charge in [0.1, 0.15) is 0 Å². The molecule has 0 aliphatic carbocycles. The average Bonchev–Trinajstić information content (AvgIpc) is 2.71. The van der Waals surface area contributed by atoms with Crippen molar-refractivity contribution in [2.24, 2.45) is 0 Å². The molecular formula is C21H21F3N2O4S. The lowest BCUT2D eigenvalue weighted by atomic mass is 10.1. The molecule has 10 heteroatoms. The van der Waals surface area contributed by atoms with Gasteiger partial charge in [-0.3, -0.25) is 9.59 Å². The zero-order valence-electron chi connectivity index (χ0n) is 16.7. The van der Waals surface area contributed by atoms with Crippen LogP contribution in [0.1, 0.15) is 31.8 Å². The van der Waals surface area contributed by atoms with Crippen LogP contribution in [-0.4, -0.2) is 62.5 Å². The molecule has 0 aromatic heterocycles. The first-order chi connectivity index (χ1) is 14.4. The van der Waals surface area contributed by atoms with Crippen LogP contribution >= 0.6 is 0 Å². The Balaban J connectivity index is 1.65. The van der Waals surface area contributed by atoms with Crippen molar-refractivity contribution >= 4 is 21.7 Å². The van der Waals surface area contributed by atoms with E-state index >= 15 is 0 Å². The number of carbonyl (C=O) groups is 2. The van der Waals surface area contributed by atoms with Crippen molar-refractivity contribution in [3.05, 3.63) is 70.8 Å². The minimum Gasteiger partial charge on any atom is -0.335 e. The van der Waals surface area contributed by atoms with Crippen LogP contribution in [0, 0.1) is 0 Å². The molecule has 6 nitrogen and oxygen atoms in total. The third-order valence-corrected chi connectivity index (χ3v) is 5.75. The van der Waals surface area contributed by atoms with Crippen molar-refractivity contribution in [1.82, 2.24) is 9.80 Å². The molecule has 0 radical (unpaired) electrons. The Morgan fingerprint density at radius 3 is 1.84 bits per heavy atom. The number of nitrogens with zero attached hydrogens (tertiary/aromatic N) is 2. The Bertz CT molecular complexity index is 1090. The summed E-state index contributed by atoms with van der Waals surface area (Å²) in [6.07, 6.45) is -3.42. The maximum absolute atomic E-state index is 12.9. The van der Waals surface area contributed by atoms with Gasteiger partial charge in [-0.15, -0.1) is 0 Å². The maximum atomic E-state index is 12.9. The van der Waals surface area contributed by atoms with E-state index in [1.165, 1.54) is 28.0 Å². The van der Waals surface area contributed by atoms with E-state index < -0.39 is 27.5 Å². The summed E-state index contributed by atoms with van der Waals surface area (Å²) in [7, 11) is -3.24. The minimum absolute atomic E-state index is 0.0527. The van der Waals surface area contributed by atoms with Crippen molar-refractivity contribution in [3.63, 3.8) is 0 Å². The Morgan fingerprint density at radius 1 is 0.871 bits per heavy atom. The van der Waals surface area contributed by atoms with Crippen LogP contribution < -0.4 is 0 Å². The first kappa shape index (κ1) is 22.8. The molecule has 3 rings (SSSR count). The Kier molecular flexibility index (Phi) is 6.40. The molecule has 0 bridgehead atoms. The van der Waals surface area contributed by atoms with E-state index in [1.807, 2.05) is 0 Å². The zero-order valence-corrected chi connectivity index (χ0v) is 17.5. The van der Waals surface area contributed by atoms with Crippen LogP contribution in [0.15, 0.2) is 48.5 Å². The van der Waals surface area contributed by atoms with Crippen LogP contribution in [0.4, 0.5) is 13.2 Å². The van der Waals surface area contributed by atoms with Crippen LogP contribution in [0.25, 0.3) is 0 Å². The summed E-state index contributed by atoms with van der Waals surface area (Å²) in [5, 5.41) is 0. The summed E-state index contributed by atoms with van der Waals surface area (Å²) in [5.41, 5.74) is -0.0882. The van der Waals surface area contributed by atoms with Gasteiger partial charge in [0.15, 0.2) is 9.84 Å². The van der Waals surface area contributed by atoms with Gasteiger partial charge >= 0.3 is 6.18 Å². The first-order valence-electron chi connectivity index (χ1n) is 9.46. The van der Waals surface area contributed by atoms with Crippen LogP contribution in [0.2, 0.25) is 0 Å². The topological polar surface area (TPSA) is 74.8 Å². The van der Waals surface area contributed by atoms with E-state index in [4.69, 9.17) is 0 Å². The van der Waals surface area contributed by atoms with Gasteiger partial charge in [0, 0.05) is 43.6 Å². The second kappa shape index (κ2) is 8.70. The van der Waals surface area contributed by atoms with Gasteiger partial charge in [-0.25, -0.2) is 8.42 Å². The van der Waals surface area contributed by atoms with Gasteiger partial charge in [-0.05, 0) is 35.9 Å². The molecule has 1 aliphatic heterocycles. The smallest absolute Gasteiger partial charge is 0.335 e. The van der Waals surface area contributed by atoms with Crippen molar-refractivity contribution in [2.45, 2.75) is 11.9 Å². The van der Waals surface area contributed by atoms with Gasteiger partial charge in [-0.2, -0.15) is 13.2 Å². The van der Waals surface area contributed by atoms with E-state index in [-0.39, 0.29) is 43.4 Å². The third kappa shape index (κ3) is 5.84. The summed E-state index contributed by atoms with van der Waals surface area (Å²) in [4.78, 5) is 28.3. The number of piperazine rings is 1. The van der Waals surface area contributed by atoms with E-state index in [9.17, 15) is 31.2 Å². The van der Waals surface area contributed by atoms with Crippen LogP contribution in [0.3, 0.4) is 0 Å². The van der Waals surface area contributed by atoms with Gasteiger partial charge in [0.05, 0.1) is 11.3 Å². The quantitative estimate of drug-likeness (QED) is 0.712. The van der Waals surface area contributed by atoms with Crippen LogP contribution in [-0.2, 0) is 21.8 Å². The van der Waals surface area contributed by atoms with Gasteiger partial charge < -0.3 is 9.80 Å². The maximum Gasteiger partial charge on any atom is 0.416 e. The first-order valence-corrected chi connectivity index (χ1v) is 11.5. The fraction of sp³-hybridized carbons (Fsp3) is 0.333. The average molecular weight is 454 g/mol. The number of amides is 2. The molecule has 1 aliphatic rings. The molecule has 1 heterocycles. The number of hydrogen-bond donors (Lipinski definition) is 0. The van der Waals surface area contributed by atoms with Gasteiger partial charge in [-0.1, -0.05) is 18.2 Å². The lowest BCUT2D eigenvalue weighted by molar-refractivity contribution is -0.137. The monoisotopic (exact) mass is 454 g/mol. The normalized spacial score (nSPS) is 15.1. The number of hydrogen-bond acceptors (Lipinski definition) is 4. The number of rotatable bonds is 4.